The summed E-state index contributed by atoms with van der Waals surface area (Å²) < 4.78 is 6.39. The Labute approximate surface area is 124 Å². The molecule has 20 heavy (non-hydrogen) atoms. The van der Waals surface area contributed by atoms with Crippen molar-refractivity contribution in [1.29, 1.82) is 0 Å². The molecule has 0 atom stereocenters. The minimum atomic E-state index is -0.130. The molecule has 98 valence electrons. The third-order valence-electron chi connectivity index (χ3n) is 3.03. The van der Waals surface area contributed by atoms with Gasteiger partial charge in [-0.1, -0.05) is 58.4 Å². The number of benzene rings is 2. The Kier molecular flexibility index (Phi) is 3.52. The molecule has 0 amide bonds. The van der Waals surface area contributed by atoms with Crippen LogP contribution in [0.3, 0.4) is 0 Å². The fraction of sp³-hybridized carbons (Fsp3) is 0. The summed E-state index contributed by atoms with van der Waals surface area (Å²) >= 11 is 3.38. The molecule has 0 unspecified atom stereocenters. The van der Waals surface area contributed by atoms with Gasteiger partial charge in [-0.05, 0) is 23.8 Å². The Morgan fingerprint density at radius 1 is 1.05 bits per heavy atom. The number of allylic oxidation sites excluding steroid dienone is 1. The van der Waals surface area contributed by atoms with E-state index in [0.717, 1.165) is 20.8 Å². The minimum Gasteiger partial charge on any atom is -0.460 e. The number of ketones is 1. The summed E-state index contributed by atoms with van der Waals surface area (Å²) in [6.07, 6.45) is 4.93. The molecule has 1 aromatic heterocycles. The maximum absolute atomic E-state index is 12.2. The van der Waals surface area contributed by atoms with Crippen molar-refractivity contribution in [3.05, 3.63) is 76.7 Å². The summed E-state index contributed by atoms with van der Waals surface area (Å²) in [5.41, 5.74) is 0.970. The van der Waals surface area contributed by atoms with Crippen LogP contribution in [0.5, 0.6) is 0 Å². The second-order valence-electron chi connectivity index (χ2n) is 4.40. The molecule has 3 heteroatoms. The van der Waals surface area contributed by atoms with Gasteiger partial charge in [0.2, 0.25) is 5.78 Å². The van der Waals surface area contributed by atoms with E-state index in [2.05, 4.69) is 15.9 Å². The van der Waals surface area contributed by atoms with Gasteiger partial charge in [0.25, 0.3) is 0 Å². The van der Waals surface area contributed by atoms with E-state index in [-0.39, 0.29) is 5.78 Å². The Bertz CT molecular complexity index is 782. The van der Waals surface area contributed by atoms with E-state index < -0.39 is 0 Å². The Morgan fingerprint density at radius 2 is 1.80 bits per heavy atom. The maximum Gasteiger partial charge on any atom is 0.221 e. The van der Waals surface area contributed by atoms with Crippen molar-refractivity contribution < 1.29 is 9.21 Å². The Balaban J connectivity index is 1.87. The summed E-state index contributed by atoms with van der Waals surface area (Å²) in [7, 11) is 0. The van der Waals surface area contributed by atoms with E-state index in [1.165, 1.54) is 6.08 Å². The summed E-state index contributed by atoms with van der Waals surface area (Å²) in [4.78, 5) is 12.2. The summed E-state index contributed by atoms with van der Waals surface area (Å²) in [6, 6.07) is 15.4. The first kappa shape index (κ1) is 12.9. The second-order valence-corrected chi connectivity index (χ2v) is 5.32. The SMILES string of the molecule is O=C(C=Cc1ccc(Br)cc1)c1occ2ccccc12. The van der Waals surface area contributed by atoms with Crippen LogP contribution in [0.15, 0.2) is 69.8 Å². The minimum absolute atomic E-state index is 0.130. The topological polar surface area (TPSA) is 30.2 Å². The maximum atomic E-state index is 12.2. The monoisotopic (exact) mass is 326 g/mol. The molecule has 0 aliphatic carbocycles. The van der Waals surface area contributed by atoms with Crippen molar-refractivity contribution in [3.63, 3.8) is 0 Å². The van der Waals surface area contributed by atoms with Crippen LogP contribution in [-0.2, 0) is 0 Å². The molecular weight excluding hydrogens is 316 g/mol. The van der Waals surface area contributed by atoms with Gasteiger partial charge in [-0.2, -0.15) is 0 Å². The lowest BCUT2D eigenvalue weighted by molar-refractivity contribution is 0.102. The number of rotatable bonds is 3. The van der Waals surface area contributed by atoms with E-state index >= 15 is 0 Å². The average Bonchev–Trinajstić information content (AvgIpc) is 2.90. The van der Waals surface area contributed by atoms with Crippen LogP contribution in [0, 0.1) is 0 Å². The highest BCUT2D eigenvalue weighted by molar-refractivity contribution is 9.10. The molecule has 0 saturated carbocycles. The number of carbonyl (C=O) groups excluding carboxylic acids is 1. The van der Waals surface area contributed by atoms with Gasteiger partial charge in [-0.15, -0.1) is 0 Å². The van der Waals surface area contributed by atoms with Crippen molar-refractivity contribution in [2.24, 2.45) is 0 Å². The van der Waals surface area contributed by atoms with Gasteiger partial charge in [-0.25, -0.2) is 0 Å². The van der Waals surface area contributed by atoms with Crippen molar-refractivity contribution >= 4 is 38.6 Å². The van der Waals surface area contributed by atoms with E-state index in [0.29, 0.717) is 5.76 Å². The van der Waals surface area contributed by atoms with Crippen LogP contribution in [0.1, 0.15) is 16.1 Å². The zero-order valence-electron chi connectivity index (χ0n) is 10.5. The highest BCUT2D eigenvalue weighted by Gasteiger charge is 2.11. The average molecular weight is 327 g/mol. The lowest BCUT2D eigenvalue weighted by Crippen LogP contribution is -1.91. The molecular formula is C17H11BrO2. The van der Waals surface area contributed by atoms with Crippen LogP contribution in [0.2, 0.25) is 0 Å². The molecule has 0 saturated heterocycles. The third-order valence-corrected chi connectivity index (χ3v) is 3.56. The third kappa shape index (κ3) is 2.58. The van der Waals surface area contributed by atoms with Gasteiger partial charge in [0.15, 0.2) is 5.76 Å². The number of hydrogen-bond acceptors (Lipinski definition) is 2. The first-order valence-corrected chi connectivity index (χ1v) is 6.97. The summed E-state index contributed by atoms with van der Waals surface area (Å²) in [6.45, 7) is 0. The van der Waals surface area contributed by atoms with Crippen molar-refractivity contribution in [2.45, 2.75) is 0 Å². The quantitative estimate of drug-likeness (QED) is 0.495. The molecule has 0 aliphatic rings. The van der Waals surface area contributed by atoms with Crippen molar-refractivity contribution in [3.8, 4) is 0 Å². The van der Waals surface area contributed by atoms with Gasteiger partial charge < -0.3 is 4.42 Å². The fourth-order valence-corrected chi connectivity index (χ4v) is 2.27. The fourth-order valence-electron chi connectivity index (χ4n) is 2.00. The van der Waals surface area contributed by atoms with Gasteiger partial charge >= 0.3 is 0 Å². The predicted molar refractivity (Wildman–Crippen MR) is 83.7 cm³/mol. The van der Waals surface area contributed by atoms with Gasteiger partial charge in [0, 0.05) is 15.2 Å². The highest BCUT2D eigenvalue weighted by atomic mass is 79.9. The van der Waals surface area contributed by atoms with Crippen LogP contribution < -0.4 is 0 Å². The molecule has 3 aromatic rings. The largest absolute Gasteiger partial charge is 0.460 e. The number of furan rings is 1. The van der Waals surface area contributed by atoms with Crippen LogP contribution in [0.4, 0.5) is 0 Å². The van der Waals surface area contributed by atoms with Crippen LogP contribution >= 0.6 is 15.9 Å². The number of fused-ring (bicyclic) bond motifs is 1. The second kappa shape index (κ2) is 5.47. The van der Waals surface area contributed by atoms with Crippen molar-refractivity contribution in [1.82, 2.24) is 0 Å². The molecule has 2 nitrogen and oxygen atoms in total. The zero-order valence-corrected chi connectivity index (χ0v) is 12.1. The zero-order chi connectivity index (χ0) is 13.9. The number of halogens is 1. The number of carbonyl (C=O) groups is 1. The van der Waals surface area contributed by atoms with Gasteiger partial charge in [-0.3, -0.25) is 4.79 Å². The van der Waals surface area contributed by atoms with E-state index in [9.17, 15) is 4.79 Å². The van der Waals surface area contributed by atoms with Crippen molar-refractivity contribution in [2.75, 3.05) is 0 Å². The molecule has 3 rings (SSSR count). The summed E-state index contributed by atoms with van der Waals surface area (Å²) in [5.74, 6) is 0.253. The lowest BCUT2D eigenvalue weighted by atomic mass is 10.1. The standard InChI is InChI=1S/C17H11BrO2/c18-14-8-5-12(6-9-14)7-10-16(19)17-15-4-2-1-3-13(15)11-20-17/h1-11H. The summed E-state index contributed by atoms with van der Waals surface area (Å²) in [5, 5.41) is 1.78. The van der Waals surface area contributed by atoms with Gasteiger partial charge in [0.1, 0.15) is 0 Å². The molecule has 0 aliphatic heterocycles. The normalized spacial score (nSPS) is 11.2. The van der Waals surface area contributed by atoms with E-state index in [1.807, 2.05) is 48.5 Å². The number of hydrogen-bond donors (Lipinski definition) is 0. The Morgan fingerprint density at radius 3 is 2.60 bits per heavy atom. The Hall–Kier alpha value is -2.13. The van der Waals surface area contributed by atoms with Crippen LogP contribution in [0.25, 0.3) is 16.8 Å². The first-order valence-electron chi connectivity index (χ1n) is 6.18. The molecule has 0 spiro atoms. The van der Waals surface area contributed by atoms with E-state index in [1.54, 1.807) is 12.3 Å². The molecule has 0 bridgehead atoms. The van der Waals surface area contributed by atoms with E-state index in [4.69, 9.17) is 4.42 Å². The lowest BCUT2D eigenvalue weighted by Gasteiger charge is -1.94. The molecule has 0 radical (unpaired) electrons. The molecule has 0 fully saturated rings. The molecule has 0 N–H and O–H groups in total. The molecule has 2 aromatic carbocycles. The van der Waals surface area contributed by atoms with Crippen LogP contribution in [-0.4, -0.2) is 5.78 Å². The molecule has 1 heterocycles. The smallest absolute Gasteiger partial charge is 0.221 e. The first-order chi connectivity index (χ1) is 9.74. The predicted octanol–water partition coefficient (Wildman–Crippen LogP) is 5.09. The van der Waals surface area contributed by atoms with Gasteiger partial charge in [0.05, 0.1) is 6.26 Å². The highest BCUT2D eigenvalue weighted by Crippen LogP contribution is 2.21.